The first kappa shape index (κ1) is 14.9. The monoisotopic (exact) mass is 215 g/mol. The summed E-state index contributed by atoms with van der Waals surface area (Å²) in [5, 5.41) is 0. The van der Waals surface area contributed by atoms with Crippen LogP contribution in [-0.4, -0.2) is 55.1 Å². The van der Waals surface area contributed by atoms with Crippen molar-refractivity contribution in [2.75, 3.05) is 39.8 Å². The summed E-state index contributed by atoms with van der Waals surface area (Å²) in [7, 11) is 2.18. The topological polar surface area (TPSA) is 32.5 Å². The minimum absolute atomic E-state index is 0.160. The zero-order valence-electron chi connectivity index (χ0n) is 11.2. The molecule has 0 rings (SSSR count). The van der Waals surface area contributed by atoms with E-state index < -0.39 is 0 Å². The van der Waals surface area contributed by atoms with Crippen molar-refractivity contribution in [2.45, 2.75) is 39.7 Å². The second-order valence-electron chi connectivity index (χ2n) is 4.50. The van der Waals surface area contributed by atoms with Crippen LogP contribution < -0.4 is 5.73 Å². The van der Waals surface area contributed by atoms with Crippen LogP contribution in [0.25, 0.3) is 0 Å². The Balaban J connectivity index is 4.06. The molecule has 0 saturated carbocycles. The molecule has 0 aromatic carbocycles. The van der Waals surface area contributed by atoms with E-state index in [1.165, 1.54) is 0 Å². The van der Waals surface area contributed by atoms with E-state index in [2.05, 4.69) is 44.5 Å². The molecule has 3 nitrogen and oxygen atoms in total. The molecule has 0 aromatic rings. The minimum atomic E-state index is 0.160. The Morgan fingerprint density at radius 1 is 1.07 bits per heavy atom. The van der Waals surface area contributed by atoms with Crippen LogP contribution >= 0.6 is 0 Å². The molecule has 0 spiro atoms. The van der Waals surface area contributed by atoms with Crippen LogP contribution in [0.3, 0.4) is 0 Å². The van der Waals surface area contributed by atoms with Crippen LogP contribution in [0.4, 0.5) is 0 Å². The molecule has 2 N–H and O–H groups in total. The highest BCUT2D eigenvalue weighted by molar-refractivity contribution is 4.84. The van der Waals surface area contributed by atoms with Crippen molar-refractivity contribution >= 4 is 0 Å². The molecule has 1 atom stereocenters. The van der Waals surface area contributed by atoms with Gasteiger partial charge in [0.2, 0.25) is 0 Å². The lowest BCUT2D eigenvalue weighted by molar-refractivity contribution is 0.121. The van der Waals surface area contributed by atoms with Crippen molar-refractivity contribution in [2.24, 2.45) is 5.73 Å². The molecule has 0 aliphatic heterocycles. The van der Waals surface area contributed by atoms with Gasteiger partial charge in [-0.25, -0.2) is 0 Å². The second-order valence-corrected chi connectivity index (χ2v) is 4.50. The van der Waals surface area contributed by atoms with Crippen LogP contribution in [0.2, 0.25) is 0 Å². The zero-order valence-corrected chi connectivity index (χ0v) is 11.2. The first-order chi connectivity index (χ1) is 7.03. The molecule has 0 fully saturated rings. The summed E-state index contributed by atoms with van der Waals surface area (Å²) < 4.78 is 0. The average molecular weight is 215 g/mol. The first-order valence-corrected chi connectivity index (χ1v) is 6.17. The lowest BCUT2D eigenvalue weighted by Crippen LogP contribution is -2.51. The summed E-state index contributed by atoms with van der Waals surface area (Å²) in [5.74, 6) is 0. The van der Waals surface area contributed by atoms with Gasteiger partial charge >= 0.3 is 0 Å². The molecule has 0 saturated heterocycles. The lowest BCUT2D eigenvalue weighted by atomic mass is 9.97. The Bertz CT molecular complexity index is 151. The van der Waals surface area contributed by atoms with Crippen molar-refractivity contribution in [1.82, 2.24) is 9.80 Å². The van der Waals surface area contributed by atoms with Gasteiger partial charge in [-0.1, -0.05) is 20.8 Å². The number of hydrogen-bond acceptors (Lipinski definition) is 3. The normalized spacial score (nSPS) is 16.0. The number of rotatable bonds is 8. The summed E-state index contributed by atoms with van der Waals surface area (Å²) in [6, 6.07) is 0. The maximum atomic E-state index is 5.83. The molecule has 3 heteroatoms. The van der Waals surface area contributed by atoms with Gasteiger partial charge in [-0.2, -0.15) is 0 Å². The van der Waals surface area contributed by atoms with Crippen LogP contribution in [0.5, 0.6) is 0 Å². The van der Waals surface area contributed by atoms with Crippen LogP contribution in [0, 0.1) is 0 Å². The first-order valence-electron chi connectivity index (χ1n) is 6.17. The molecule has 92 valence electrons. The third-order valence-corrected chi connectivity index (χ3v) is 3.77. The van der Waals surface area contributed by atoms with Crippen LogP contribution in [0.15, 0.2) is 0 Å². The molecule has 15 heavy (non-hydrogen) atoms. The Kier molecular flexibility index (Phi) is 7.14. The quantitative estimate of drug-likeness (QED) is 0.664. The van der Waals surface area contributed by atoms with Gasteiger partial charge < -0.3 is 10.6 Å². The van der Waals surface area contributed by atoms with E-state index in [0.717, 1.165) is 39.1 Å². The second kappa shape index (κ2) is 7.20. The summed E-state index contributed by atoms with van der Waals surface area (Å²) in [4.78, 5) is 4.84. The summed E-state index contributed by atoms with van der Waals surface area (Å²) in [5.41, 5.74) is 5.99. The fourth-order valence-electron chi connectivity index (χ4n) is 1.67. The van der Waals surface area contributed by atoms with Crippen molar-refractivity contribution in [3.63, 3.8) is 0 Å². The van der Waals surface area contributed by atoms with Crippen molar-refractivity contribution < 1.29 is 0 Å². The molecule has 0 aliphatic rings. The minimum Gasteiger partial charge on any atom is -0.329 e. The van der Waals surface area contributed by atoms with Gasteiger partial charge in [0.25, 0.3) is 0 Å². The van der Waals surface area contributed by atoms with Gasteiger partial charge in [-0.05, 0) is 33.5 Å². The molecule has 0 amide bonds. The van der Waals surface area contributed by atoms with Crippen LogP contribution in [-0.2, 0) is 0 Å². The van der Waals surface area contributed by atoms with Crippen molar-refractivity contribution in [1.29, 1.82) is 0 Å². The van der Waals surface area contributed by atoms with E-state index >= 15 is 0 Å². The number of likely N-dealkylation sites (N-methyl/N-ethyl adjacent to an activating group) is 2. The van der Waals surface area contributed by atoms with E-state index in [4.69, 9.17) is 5.73 Å². The van der Waals surface area contributed by atoms with Gasteiger partial charge in [0, 0.05) is 25.2 Å². The highest BCUT2D eigenvalue weighted by atomic mass is 15.2. The fraction of sp³-hybridized carbons (Fsp3) is 1.00. The lowest BCUT2D eigenvalue weighted by Gasteiger charge is -2.38. The Morgan fingerprint density at radius 3 is 1.93 bits per heavy atom. The average Bonchev–Trinajstić information content (AvgIpc) is 2.29. The number of hydrogen-bond donors (Lipinski definition) is 1. The molecular formula is C12H29N3. The van der Waals surface area contributed by atoms with E-state index in [1.54, 1.807) is 0 Å². The smallest absolute Gasteiger partial charge is 0.0298 e. The Hall–Kier alpha value is -0.120. The van der Waals surface area contributed by atoms with Gasteiger partial charge in [-0.15, -0.1) is 0 Å². The number of nitrogens with two attached hydrogens (primary N) is 1. The SMILES string of the molecule is CCN(CC)CCN(C)C(C)(CC)CN. The van der Waals surface area contributed by atoms with Gasteiger partial charge in [-0.3, -0.25) is 4.90 Å². The molecule has 0 heterocycles. The van der Waals surface area contributed by atoms with Gasteiger partial charge in [0.15, 0.2) is 0 Å². The predicted molar refractivity (Wildman–Crippen MR) is 68.2 cm³/mol. The molecule has 1 unspecified atom stereocenters. The molecule has 0 radical (unpaired) electrons. The highest BCUT2D eigenvalue weighted by Gasteiger charge is 2.25. The van der Waals surface area contributed by atoms with E-state index in [9.17, 15) is 0 Å². The molecule has 0 bridgehead atoms. The Labute approximate surface area is 95.6 Å². The summed E-state index contributed by atoms with van der Waals surface area (Å²) >= 11 is 0. The van der Waals surface area contributed by atoms with Crippen molar-refractivity contribution in [3.05, 3.63) is 0 Å². The molecular weight excluding hydrogens is 186 g/mol. The Morgan fingerprint density at radius 2 is 1.60 bits per heavy atom. The zero-order chi connectivity index (χ0) is 11.9. The third kappa shape index (κ3) is 4.49. The third-order valence-electron chi connectivity index (χ3n) is 3.77. The largest absolute Gasteiger partial charge is 0.329 e. The maximum Gasteiger partial charge on any atom is 0.0298 e. The van der Waals surface area contributed by atoms with E-state index in [-0.39, 0.29) is 5.54 Å². The fourth-order valence-corrected chi connectivity index (χ4v) is 1.67. The number of nitrogens with zero attached hydrogens (tertiary/aromatic N) is 2. The predicted octanol–water partition coefficient (Wildman–Crippen LogP) is 1.39. The van der Waals surface area contributed by atoms with Crippen LogP contribution in [0.1, 0.15) is 34.1 Å². The van der Waals surface area contributed by atoms with E-state index in [1.807, 2.05) is 0 Å². The summed E-state index contributed by atoms with van der Waals surface area (Å²) in [6.07, 6.45) is 1.11. The van der Waals surface area contributed by atoms with Crippen molar-refractivity contribution in [3.8, 4) is 0 Å². The molecule has 0 aromatic heterocycles. The summed E-state index contributed by atoms with van der Waals surface area (Å²) in [6.45, 7) is 14.1. The molecule has 0 aliphatic carbocycles. The maximum absolute atomic E-state index is 5.83. The highest BCUT2D eigenvalue weighted by Crippen LogP contribution is 2.15. The standard InChI is InChI=1S/C12H29N3/c1-6-12(4,11-13)14(5)9-10-15(7-2)8-3/h6-11,13H2,1-5H3. The van der Waals surface area contributed by atoms with Gasteiger partial charge in [0.05, 0.1) is 0 Å². The van der Waals surface area contributed by atoms with Gasteiger partial charge in [0.1, 0.15) is 0 Å². The van der Waals surface area contributed by atoms with E-state index in [0.29, 0.717) is 0 Å².